The number of carboxylic acid groups (broad SMARTS) is 2. The lowest BCUT2D eigenvalue weighted by Crippen LogP contribution is -2.52. The first kappa shape index (κ1) is 33.8. The second-order valence-corrected chi connectivity index (χ2v) is 10.8. The van der Waals surface area contributed by atoms with Crippen molar-refractivity contribution in [2.24, 2.45) is 0 Å². The van der Waals surface area contributed by atoms with Crippen LogP contribution in [-0.2, 0) is 46.7 Å². The van der Waals surface area contributed by atoms with Crippen molar-refractivity contribution in [2.45, 2.75) is 50.9 Å². The number of amides is 6. The van der Waals surface area contributed by atoms with Crippen molar-refractivity contribution in [3.8, 4) is 0 Å². The first-order chi connectivity index (χ1) is 22.3. The number of fused-ring (bicyclic) bond motifs is 2. The Kier molecular flexibility index (Phi) is 10.3. The average Bonchev–Trinajstić information content (AvgIpc) is 3.52. The highest BCUT2D eigenvalue weighted by atomic mass is 16.4. The van der Waals surface area contributed by atoms with E-state index in [1.807, 2.05) is 0 Å². The highest BCUT2D eigenvalue weighted by Gasteiger charge is 2.40. The van der Waals surface area contributed by atoms with Crippen LogP contribution in [0.3, 0.4) is 0 Å². The zero-order valence-electron chi connectivity index (χ0n) is 24.7. The molecule has 0 bridgehead atoms. The van der Waals surface area contributed by atoms with E-state index in [9.17, 15) is 33.6 Å². The van der Waals surface area contributed by atoms with Crippen LogP contribution >= 0.6 is 0 Å². The van der Waals surface area contributed by atoms with Crippen LogP contribution in [-0.4, -0.2) is 92.3 Å². The molecule has 2 saturated heterocycles. The molecule has 2 atom stereocenters. The molecule has 4 heterocycles. The summed E-state index contributed by atoms with van der Waals surface area (Å²) in [4.78, 5) is 102. The summed E-state index contributed by atoms with van der Waals surface area (Å²) in [6.07, 6.45) is 0.995. The topological polar surface area (TPSA) is 263 Å². The molecule has 246 valence electrons. The van der Waals surface area contributed by atoms with Crippen molar-refractivity contribution in [2.75, 3.05) is 17.6 Å². The molecule has 17 nitrogen and oxygen atoms in total. The number of benzene rings is 2. The van der Waals surface area contributed by atoms with Crippen molar-refractivity contribution in [3.63, 3.8) is 0 Å². The number of imide groups is 2. The first-order valence-electron chi connectivity index (χ1n) is 14.2. The van der Waals surface area contributed by atoms with Crippen LogP contribution in [0, 0.1) is 0 Å². The fraction of sp³-hybridized carbons (Fsp3) is 0.300. The Morgan fingerprint density at radius 1 is 0.809 bits per heavy atom. The van der Waals surface area contributed by atoms with E-state index in [2.05, 4.69) is 16.0 Å². The van der Waals surface area contributed by atoms with Crippen molar-refractivity contribution >= 4 is 65.0 Å². The number of nitrogen functional groups attached to an aromatic ring is 1. The first-order valence-corrected chi connectivity index (χ1v) is 14.2. The summed E-state index contributed by atoms with van der Waals surface area (Å²) >= 11 is 0. The molecule has 6 rings (SSSR count). The minimum Gasteiger partial charge on any atom is -0.480 e. The quantitative estimate of drug-likeness (QED) is 0.0973. The van der Waals surface area contributed by atoms with Gasteiger partial charge in [-0.1, -0.05) is 12.1 Å². The Bertz CT molecular complexity index is 1690. The van der Waals surface area contributed by atoms with Crippen LogP contribution in [0.4, 0.5) is 11.4 Å². The summed E-state index contributed by atoms with van der Waals surface area (Å²) < 4.78 is 0. The Morgan fingerprint density at radius 2 is 1.28 bits per heavy atom. The van der Waals surface area contributed by atoms with E-state index in [1.165, 1.54) is 9.80 Å². The summed E-state index contributed by atoms with van der Waals surface area (Å²) in [5.74, 6) is -4.36. The molecule has 0 aromatic heterocycles. The molecular formula is C30H30N6O11. The van der Waals surface area contributed by atoms with Crippen LogP contribution in [0.1, 0.15) is 57.5 Å². The lowest BCUT2D eigenvalue weighted by molar-refractivity contribution is -0.143. The molecule has 2 fully saturated rings. The molecule has 0 spiro atoms. The molecule has 2 aromatic carbocycles. The molecule has 4 aliphatic heterocycles. The van der Waals surface area contributed by atoms with E-state index < -0.39 is 35.8 Å². The van der Waals surface area contributed by atoms with E-state index in [4.69, 9.17) is 25.5 Å². The maximum absolute atomic E-state index is 12.5. The van der Waals surface area contributed by atoms with Gasteiger partial charge in [0.15, 0.2) is 0 Å². The zero-order chi connectivity index (χ0) is 34.4. The maximum atomic E-state index is 12.5. The van der Waals surface area contributed by atoms with Crippen LogP contribution in [0.15, 0.2) is 36.4 Å². The fourth-order valence-electron chi connectivity index (χ4n) is 5.41. The summed E-state index contributed by atoms with van der Waals surface area (Å²) in [5, 5.41) is 23.3. The third-order valence-electron chi connectivity index (χ3n) is 7.62. The Morgan fingerprint density at radius 3 is 1.72 bits per heavy atom. The van der Waals surface area contributed by atoms with Gasteiger partial charge in [-0.05, 0) is 48.2 Å². The Labute approximate surface area is 266 Å². The minimum atomic E-state index is -1.43. The number of hydrogen-bond acceptors (Lipinski definition) is 11. The number of nitrogens with zero attached hydrogens (tertiary/aromatic N) is 2. The fourth-order valence-corrected chi connectivity index (χ4v) is 5.41. The van der Waals surface area contributed by atoms with E-state index >= 15 is 0 Å². The predicted octanol–water partition coefficient (Wildman–Crippen LogP) is -0.756. The van der Waals surface area contributed by atoms with Gasteiger partial charge in [-0.15, -0.1) is 0 Å². The molecule has 0 radical (unpaired) electrons. The number of nitrogens with one attached hydrogen (secondary N) is 3. The molecule has 0 saturated carbocycles. The SMILES string of the molecule is Nc1ccc2c(c1)C(=O)N(C1CCC(=O)NC1=O)C2.O=C(O)CNc1ccc2c(c1)C(=O)N(C1CCC(=O)NC1=O)C2.O=CC(=O)O. The Balaban J connectivity index is 0.000000189. The lowest BCUT2D eigenvalue weighted by Gasteiger charge is -2.29. The van der Waals surface area contributed by atoms with Gasteiger partial charge in [0.25, 0.3) is 11.8 Å². The van der Waals surface area contributed by atoms with Gasteiger partial charge >= 0.3 is 11.9 Å². The number of anilines is 2. The van der Waals surface area contributed by atoms with Crippen LogP contribution in [0.5, 0.6) is 0 Å². The molecule has 17 heteroatoms. The highest BCUT2D eigenvalue weighted by molar-refractivity contribution is 6.19. The summed E-state index contributed by atoms with van der Waals surface area (Å²) in [6.45, 7) is 0.449. The highest BCUT2D eigenvalue weighted by Crippen LogP contribution is 2.30. The molecule has 6 amide bonds. The van der Waals surface area contributed by atoms with E-state index in [0.29, 0.717) is 48.4 Å². The average molecular weight is 651 g/mol. The van der Waals surface area contributed by atoms with Crippen LogP contribution < -0.4 is 21.7 Å². The summed E-state index contributed by atoms with van der Waals surface area (Å²) in [5.41, 5.74) is 9.36. The third-order valence-corrected chi connectivity index (χ3v) is 7.62. The smallest absolute Gasteiger partial charge is 0.368 e. The summed E-state index contributed by atoms with van der Waals surface area (Å²) in [7, 11) is 0. The van der Waals surface area contributed by atoms with Gasteiger partial charge in [0.05, 0.1) is 0 Å². The molecule has 4 aliphatic rings. The van der Waals surface area contributed by atoms with Gasteiger partial charge in [0.2, 0.25) is 29.9 Å². The second kappa shape index (κ2) is 14.3. The number of carbonyl (C=O) groups is 9. The van der Waals surface area contributed by atoms with Crippen molar-refractivity contribution in [3.05, 3.63) is 58.7 Å². The number of carboxylic acids is 2. The predicted molar refractivity (Wildman–Crippen MR) is 159 cm³/mol. The second-order valence-electron chi connectivity index (χ2n) is 10.8. The molecule has 0 aliphatic carbocycles. The van der Waals surface area contributed by atoms with Gasteiger partial charge in [0, 0.05) is 48.4 Å². The van der Waals surface area contributed by atoms with E-state index in [0.717, 1.165) is 11.1 Å². The number of rotatable bonds is 6. The van der Waals surface area contributed by atoms with Gasteiger partial charge in [-0.25, -0.2) is 4.79 Å². The lowest BCUT2D eigenvalue weighted by atomic mass is 10.0. The largest absolute Gasteiger partial charge is 0.480 e. The van der Waals surface area contributed by atoms with Gasteiger partial charge in [-0.3, -0.25) is 49.0 Å². The number of carbonyl (C=O) groups excluding carboxylic acids is 7. The normalized spacial score (nSPS) is 19.7. The van der Waals surface area contributed by atoms with Crippen molar-refractivity contribution < 1.29 is 53.4 Å². The molecular weight excluding hydrogens is 620 g/mol. The number of piperidine rings is 2. The number of nitrogens with two attached hydrogens (primary N) is 1. The zero-order valence-corrected chi connectivity index (χ0v) is 24.7. The number of hydrogen-bond donors (Lipinski definition) is 6. The van der Waals surface area contributed by atoms with Crippen molar-refractivity contribution in [1.82, 2.24) is 20.4 Å². The Hall–Kier alpha value is -6.13. The van der Waals surface area contributed by atoms with Gasteiger partial charge in [0.1, 0.15) is 18.6 Å². The maximum Gasteiger partial charge on any atom is 0.368 e. The van der Waals surface area contributed by atoms with Crippen molar-refractivity contribution in [1.29, 1.82) is 0 Å². The number of aldehydes is 1. The molecule has 7 N–H and O–H groups in total. The van der Waals surface area contributed by atoms with Gasteiger partial charge in [-0.2, -0.15) is 0 Å². The standard InChI is InChI=1S/C15H15N3O5.C13H13N3O3.C2H2O3/c19-12-4-3-11(14(22)17-12)18-7-8-1-2-9(16-6-13(20)21)5-10(8)15(18)23;14-8-2-1-7-6-16(13(19)9(7)5-8)10-3-4-11(17)15-12(10)18;3-1-2(4)5/h1-2,5,11,16H,3-4,6-7H2,(H,20,21)(H,17,19,22);1-2,5,10H,3-4,6,14H2,(H,15,17,18);1H,(H,4,5). The minimum absolute atomic E-state index is 0.167. The number of aliphatic carboxylic acids is 2. The summed E-state index contributed by atoms with van der Waals surface area (Å²) in [6, 6.07) is 8.97. The van der Waals surface area contributed by atoms with E-state index in [1.54, 1.807) is 36.4 Å². The van der Waals surface area contributed by atoms with Gasteiger partial charge < -0.3 is 31.1 Å². The molecule has 2 unspecified atom stereocenters. The molecule has 2 aromatic rings. The van der Waals surface area contributed by atoms with Crippen LogP contribution in [0.2, 0.25) is 0 Å². The molecule has 47 heavy (non-hydrogen) atoms. The monoisotopic (exact) mass is 650 g/mol. The van der Waals surface area contributed by atoms with E-state index in [-0.39, 0.29) is 49.3 Å². The third kappa shape index (κ3) is 7.94. The van der Waals surface area contributed by atoms with Crippen LogP contribution in [0.25, 0.3) is 0 Å².